The summed E-state index contributed by atoms with van der Waals surface area (Å²) < 4.78 is 7.04. The van der Waals surface area contributed by atoms with Crippen molar-refractivity contribution in [3.8, 4) is 0 Å². The van der Waals surface area contributed by atoms with E-state index in [0.29, 0.717) is 5.65 Å². The molecule has 146 valence electrons. The first-order chi connectivity index (χ1) is 13.6. The summed E-state index contributed by atoms with van der Waals surface area (Å²) in [5.74, 6) is 0.329. The topological polar surface area (TPSA) is 164 Å². The second-order valence-corrected chi connectivity index (χ2v) is 6.25. The zero-order valence-electron chi connectivity index (χ0n) is 14.6. The SMILES string of the molecule is Nc1ncnc2c1nc(NN=Cc1ccccc1)n2[C@@H]1O[C@H](CO)[C@@H](O)[C@H]1O. The molecule has 0 unspecified atom stereocenters. The molecule has 1 aliphatic heterocycles. The number of hydrogen-bond acceptors (Lipinski definition) is 10. The van der Waals surface area contributed by atoms with Gasteiger partial charge in [-0.3, -0.25) is 4.57 Å². The van der Waals surface area contributed by atoms with Gasteiger partial charge in [-0.05, 0) is 5.56 Å². The molecule has 0 radical (unpaired) electrons. The minimum absolute atomic E-state index is 0.144. The van der Waals surface area contributed by atoms with Crippen LogP contribution in [0.15, 0.2) is 41.8 Å². The second kappa shape index (κ2) is 7.48. The molecule has 4 atom stereocenters. The summed E-state index contributed by atoms with van der Waals surface area (Å²) in [5.41, 5.74) is 10.1. The van der Waals surface area contributed by atoms with E-state index in [9.17, 15) is 15.3 Å². The van der Waals surface area contributed by atoms with Gasteiger partial charge in [0.15, 0.2) is 23.2 Å². The van der Waals surface area contributed by atoms with Gasteiger partial charge in [-0.15, -0.1) is 0 Å². The summed E-state index contributed by atoms with van der Waals surface area (Å²) >= 11 is 0. The van der Waals surface area contributed by atoms with Crippen LogP contribution < -0.4 is 11.2 Å². The first kappa shape index (κ1) is 18.3. The molecular formula is C17H19N7O4. The van der Waals surface area contributed by atoms with Gasteiger partial charge in [0.25, 0.3) is 0 Å². The number of aromatic nitrogens is 4. The molecule has 0 bridgehead atoms. The molecule has 2 aromatic heterocycles. The molecule has 1 saturated heterocycles. The fourth-order valence-corrected chi connectivity index (χ4v) is 3.04. The highest BCUT2D eigenvalue weighted by molar-refractivity contribution is 5.84. The van der Waals surface area contributed by atoms with Gasteiger partial charge in [0, 0.05) is 0 Å². The fourth-order valence-electron chi connectivity index (χ4n) is 3.04. The van der Waals surface area contributed by atoms with Crippen LogP contribution in [0.1, 0.15) is 11.8 Å². The third-order valence-corrected chi connectivity index (χ3v) is 4.45. The Balaban J connectivity index is 1.73. The fraction of sp³-hybridized carbons (Fsp3) is 0.294. The quantitative estimate of drug-likeness (QED) is 0.287. The lowest BCUT2D eigenvalue weighted by Crippen LogP contribution is -2.33. The Hall–Kier alpha value is -3.12. The number of anilines is 2. The smallest absolute Gasteiger partial charge is 0.228 e. The first-order valence-corrected chi connectivity index (χ1v) is 8.55. The largest absolute Gasteiger partial charge is 0.394 e. The van der Waals surface area contributed by atoms with Crippen LogP contribution in [0.25, 0.3) is 11.2 Å². The van der Waals surface area contributed by atoms with E-state index in [1.807, 2.05) is 30.3 Å². The zero-order chi connectivity index (χ0) is 19.7. The van der Waals surface area contributed by atoms with E-state index in [-0.39, 0.29) is 17.3 Å². The Morgan fingerprint density at radius 1 is 1.21 bits per heavy atom. The van der Waals surface area contributed by atoms with E-state index < -0.39 is 31.1 Å². The van der Waals surface area contributed by atoms with Crippen LogP contribution in [0, 0.1) is 0 Å². The minimum atomic E-state index is -1.32. The first-order valence-electron chi connectivity index (χ1n) is 8.55. The Morgan fingerprint density at radius 2 is 2.00 bits per heavy atom. The molecule has 11 nitrogen and oxygen atoms in total. The van der Waals surface area contributed by atoms with Crippen molar-refractivity contribution in [1.29, 1.82) is 0 Å². The molecule has 3 aromatic rings. The zero-order valence-corrected chi connectivity index (χ0v) is 14.6. The van der Waals surface area contributed by atoms with Gasteiger partial charge in [0.05, 0.1) is 12.8 Å². The van der Waals surface area contributed by atoms with Gasteiger partial charge >= 0.3 is 0 Å². The Labute approximate surface area is 159 Å². The number of benzene rings is 1. The predicted molar refractivity (Wildman–Crippen MR) is 100 cm³/mol. The number of nitrogens with one attached hydrogen (secondary N) is 1. The van der Waals surface area contributed by atoms with E-state index >= 15 is 0 Å². The van der Waals surface area contributed by atoms with Gasteiger partial charge in [-0.1, -0.05) is 30.3 Å². The summed E-state index contributed by atoms with van der Waals surface area (Å²) in [5, 5.41) is 34.0. The van der Waals surface area contributed by atoms with Crippen molar-refractivity contribution < 1.29 is 20.1 Å². The standard InChI is InChI=1S/C17H19N7O4/c18-14-11-15(20-8-19-14)24(16-13(27)12(26)10(7-25)28-16)17(22-11)23-21-6-9-4-2-1-3-5-9/h1-6,8,10,12-13,16,25-27H,7H2,(H,22,23)(H2,18,19,20)/t10-,12-,13-,16-/m1/s1. The highest BCUT2D eigenvalue weighted by Crippen LogP contribution is 2.35. The van der Waals surface area contributed by atoms with Crippen LogP contribution in [0.5, 0.6) is 0 Å². The van der Waals surface area contributed by atoms with Crippen molar-refractivity contribution in [3.05, 3.63) is 42.2 Å². The lowest BCUT2D eigenvalue weighted by Gasteiger charge is -2.18. The Bertz CT molecular complexity index is 994. The number of hydrogen-bond donors (Lipinski definition) is 5. The highest BCUT2D eigenvalue weighted by Gasteiger charge is 2.45. The van der Waals surface area contributed by atoms with E-state index in [4.69, 9.17) is 10.5 Å². The molecule has 0 saturated carbocycles. The number of ether oxygens (including phenoxy) is 1. The van der Waals surface area contributed by atoms with Crippen LogP contribution in [0.3, 0.4) is 0 Å². The molecule has 1 aromatic carbocycles. The number of nitrogens with zero attached hydrogens (tertiary/aromatic N) is 5. The third-order valence-electron chi connectivity index (χ3n) is 4.45. The minimum Gasteiger partial charge on any atom is -0.394 e. The van der Waals surface area contributed by atoms with E-state index in [0.717, 1.165) is 5.56 Å². The summed E-state index contributed by atoms with van der Waals surface area (Å²) in [6.07, 6.45) is -1.74. The maximum absolute atomic E-state index is 10.4. The monoisotopic (exact) mass is 385 g/mol. The molecule has 3 heterocycles. The molecule has 0 amide bonds. The summed E-state index contributed by atoms with van der Waals surface area (Å²) in [6.45, 7) is -0.451. The average molecular weight is 385 g/mol. The third kappa shape index (κ3) is 3.16. The van der Waals surface area contributed by atoms with Crippen LogP contribution >= 0.6 is 0 Å². The molecular weight excluding hydrogens is 366 g/mol. The molecule has 4 rings (SSSR count). The van der Waals surface area contributed by atoms with Gasteiger partial charge in [-0.2, -0.15) is 5.10 Å². The number of aliphatic hydroxyl groups excluding tert-OH is 3. The summed E-state index contributed by atoms with van der Waals surface area (Å²) in [6, 6.07) is 9.42. The van der Waals surface area contributed by atoms with Crippen LogP contribution in [-0.2, 0) is 4.74 Å². The number of nitrogens with two attached hydrogens (primary N) is 1. The Kier molecular flexibility index (Phi) is 4.88. The molecule has 11 heteroatoms. The van der Waals surface area contributed by atoms with E-state index in [1.54, 1.807) is 6.21 Å². The maximum Gasteiger partial charge on any atom is 0.228 e. The molecule has 28 heavy (non-hydrogen) atoms. The van der Waals surface area contributed by atoms with E-state index in [2.05, 4.69) is 25.5 Å². The number of aliphatic hydroxyl groups is 3. The lowest BCUT2D eigenvalue weighted by molar-refractivity contribution is -0.0501. The maximum atomic E-state index is 10.4. The number of imidazole rings is 1. The number of rotatable bonds is 5. The van der Waals surface area contributed by atoms with Crippen molar-refractivity contribution in [2.45, 2.75) is 24.5 Å². The van der Waals surface area contributed by atoms with Gasteiger partial charge in [-0.25, -0.2) is 20.4 Å². The number of hydrazone groups is 1. The predicted octanol–water partition coefficient (Wildman–Crippen LogP) is -0.534. The lowest BCUT2D eigenvalue weighted by atomic mass is 10.1. The van der Waals surface area contributed by atoms with Crippen molar-refractivity contribution in [1.82, 2.24) is 19.5 Å². The molecule has 0 spiro atoms. The van der Waals surface area contributed by atoms with Gasteiger partial charge in [0.1, 0.15) is 24.6 Å². The number of fused-ring (bicyclic) bond motifs is 1. The molecule has 1 aliphatic rings. The normalized spacial score (nSPS) is 25.0. The van der Waals surface area contributed by atoms with Crippen molar-refractivity contribution in [2.24, 2.45) is 5.10 Å². The van der Waals surface area contributed by atoms with Gasteiger partial charge in [0.2, 0.25) is 5.95 Å². The highest BCUT2D eigenvalue weighted by atomic mass is 16.6. The molecule has 1 fully saturated rings. The summed E-state index contributed by atoms with van der Waals surface area (Å²) in [7, 11) is 0. The van der Waals surface area contributed by atoms with Crippen LogP contribution in [0.2, 0.25) is 0 Å². The average Bonchev–Trinajstić information content (AvgIpc) is 3.21. The Morgan fingerprint density at radius 3 is 2.71 bits per heavy atom. The molecule has 6 N–H and O–H groups in total. The summed E-state index contributed by atoms with van der Waals surface area (Å²) in [4.78, 5) is 12.4. The van der Waals surface area contributed by atoms with E-state index in [1.165, 1.54) is 10.9 Å². The second-order valence-electron chi connectivity index (χ2n) is 6.25. The van der Waals surface area contributed by atoms with Crippen molar-refractivity contribution in [3.63, 3.8) is 0 Å². The van der Waals surface area contributed by atoms with Crippen LogP contribution in [0.4, 0.5) is 11.8 Å². The number of nitrogen functional groups attached to an aromatic ring is 1. The van der Waals surface area contributed by atoms with Gasteiger partial charge < -0.3 is 25.8 Å². The van der Waals surface area contributed by atoms with Crippen LogP contribution in [-0.4, -0.2) is 66.0 Å². The van der Waals surface area contributed by atoms with Crippen molar-refractivity contribution >= 4 is 29.1 Å². The van der Waals surface area contributed by atoms with Crippen molar-refractivity contribution in [2.75, 3.05) is 17.8 Å². The molecule has 0 aliphatic carbocycles.